The van der Waals surface area contributed by atoms with E-state index in [1.165, 1.54) is 12.1 Å². The number of nitrogens with zero attached hydrogens (tertiary/aromatic N) is 1. The highest BCUT2D eigenvalue weighted by atomic mass is 32.2. The molecule has 0 spiro atoms. The molecule has 2 aliphatic heterocycles. The third-order valence-corrected chi connectivity index (χ3v) is 6.74. The molecule has 4 rings (SSSR count). The zero-order valence-corrected chi connectivity index (χ0v) is 17.8. The number of amides is 1. The smallest absolute Gasteiger partial charge is 0.262 e. The van der Waals surface area contributed by atoms with Gasteiger partial charge in [0, 0.05) is 36.8 Å². The molecule has 1 atom stereocenters. The lowest BCUT2D eigenvalue weighted by atomic mass is 9.99. The van der Waals surface area contributed by atoms with Gasteiger partial charge in [-0.25, -0.2) is 8.42 Å². The van der Waals surface area contributed by atoms with Gasteiger partial charge in [0.05, 0.1) is 18.1 Å². The summed E-state index contributed by atoms with van der Waals surface area (Å²) in [6.45, 7) is 4.70. The van der Waals surface area contributed by atoms with Crippen molar-refractivity contribution in [1.82, 2.24) is 4.90 Å². The van der Waals surface area contributed by atoms with Crippen molar-refractivity contribution in [2.45, 2.75) is 31.1 Å². The van der Waals surface area contributed by atoms with E-state index >= 15 is 0 Å². The van der Waals surface area contributed by atoms with Crippen LogP contribution in [0.4, 0.5) is 5.69 Å². The van der Waals surface area contributed by atoms with Crippen molar-refractivity contribution in [1.29, 1.82) is 0 Å². The van der Waals surface area contributed by atoms with E-state index in [1.807, 2.05) is 4.90 Å². The maximum atomic E-state index is 12.8. The summed E-state index contributed by atoms with van der Waals surface area (Å²) < 4.78 is 39.3. The lowest BCUT2D eigenvalue weighted by Crippen LogP contribution is -2.39. The molecule has 0 radical (unpaired) electrons. The van der Waals surface area contributed by atoms with Crippen molar-refractivity contribution in [3.05, 3.63) is 48.0 Å². The molecule has 1 saturated heterocycles. The lowest BCUT2D eigenvalue weighted by Gasteiger charge is -2.31. The summed E-state index contributed by atoms with van der Waals surface area (Å²) in [5.41, 5.74) is 0.952. The van der Waals surface area contributed by atoms with Gasteiger partial charge in [0.1, 0.15) is 0 Å². The van der Waals surface area contributed by atoms with Crippen molar-refractivity contribution < 1.29 is 22.7 Å². The highest BCUT2D eigenvalue weighted by molar-refractivity contribution is 7.92. The van der Waals surface area contributed by atoms with Crippen LogP contribution in [0, 0.1) is 5.92 Å². The van der Waals surface area contributed by atoms with Gasteiger partial charge in [-0.1, -0.05) is 6.92 Å². The van der Waals surface area contributed by atoms with E-state index in [2.05, 4.69) is 11.6 Å². The van der Waals surface area contributed by atoms with Gasteiger partial charge in [-0.05, 0) is 55.2 Å². The van der Waals surface area contributed by atoms with Crippen molar-refractivity contribution in [3.8, 4) is 11.5 Å². The van der Waals surface area contributed by atoms with Gasteiger partial charge in [0.15, 0.2) is 11.5 Å². The van der Waals surface area contributed by atoms with Crippen LogP contribution in [0.15, 0.2) is 47.4 Å². The number of rotatable bonds is 4. The molecule has 30 heavy (non-hydrogen) atoms. The topological polar surface area (TPSA) is 84.9 Å². The van der Waals surface area contributed by atoms with E-state index < -0.39 is 10.0 Å². The maximum Gasteiger partial charge on any atom is 0.262 e. The average molecular weight is 431 g/mol. The molecule has 1 amide bonds. The molecular weight excluding hydrogens is 404 g/mol. The molecule has 1 fully saturated rings. The fourth-order valence-electron chi connectivity index (χ4n) is 3.76. The normalized spacial score (nSPS) is 19.1. The summed E-state index contributed by atoms with van der Waals surface area (Å²) in [7, 11) is -3.80. The van der Waals surface area contributed by atoms with Gasteiger partial charge >= 0.3 is 0 Å². The number of nitrogens with one attached hydrogen (secondary N) is 1. The van der Waals surface area contributed by atoms with Crippen molar-refractivity contribution in [2.75, 3.05) is 31.0 Å². The van der Waals surface area contributed by atoms with Crippen LogP contribution in [-0.4, -0.2) is 45.5 Å². The minimum atomic E-state index is -3.80. The second kappa shape index (κ2) is 8.55. The minimum Gasteiger partial charge on any atom is -0.490 e. The second-order valence-corrected chi connectivity index (χ2v) is 9.52. The summed E-state index contributed by atoms with van der Waals surface area (Å²) in [6, 6.07) is 11.1. The monoisotopic (exact) mass is 430 g/mol. The van der Waals surface area contributed by atoms with Crippen LogP contribution in [-0.2, 0) is 10.0 Å². The molecule has 2 aliphatic rings. The zero-order chi connectivity index (χ0) is 21.1. The highest BCUT2D eigenvalue weighted by Crippen LogP contribution is 2.32. The number of carbonyl (C=O) groups is 1. The van der Waals surface area contributed by atoms with Crippen molar-refractivity contribution >= 4 is 21.6 Å². The minimum absolute atomic E-state index is 0.0149. The predicted octanol–water partition coefficient (Wildman–Crippen LogP) is 3.52. The number of hydrogen-bond donors (Lipinski definition) is 1. The molecular formula is C22H26N2O5S. The third kappa shape index (κ3) is 4.53. The largest absolute Gasteiger partial charge is 0.490 e. The van der Waals surface area contributed by atoms with Gasteiger partial charge < -0.3 is 14.4 Å². The quantitative estimate of drug-likeness (QED) is 0.802. The molecule has 0 aliphatic carbocycles. The number of ether oxygens (including phenoxy) is 2. The SMILES string of the molecule is CC1CCCN(C(=O)c2ccc(NS(=O)(=O)c3ccc4c(c3)OCCCO4)cc2)C1. The van der Waals surface area contributed by atoms with Gasteiger partial charge in [0.25, 0.3) is 15.9 Å². The zero-order valence-electron chi connectivity index (χ0n) is 17.0. The summed E-state index contributed by atoms with van der Waals surface area (Å²) in [5.74, 6) is 1.45. The van der Waals surface area contributed by atoms with Gasteiger partial charge in [-0.15, -0.1) is 0 Å². The molecule has 8 heteroatoms. The lowest BCUT2D eigenvalue weighted by molar-refractivity contribution is 0.0683. The molecule has 160 valence electrons. The summed E-state index contributed by atoms with van der Waals surface area (Å²) in [5, 5.41) is 0. The van der Waals surface area contributed by atoms with Crippen molar-refractivity contribution in [3.63, 3.8) is 0 Å². The van der Waals surface area contributed by atoms with Crippen LogP contribution in [0.1, 0.15) is 36.5 Å². The van der Waals surface area contributed by atoms with Crippen LogP contribution >= 0.6 is 0 Å². The van der Waals surface area contributed by atoms with E-state index in [-0.39, 0.29) is 10.8 Å². The van der Waals surface area contributed by atoms with E-state index in [0.29, 0.717) is 41.9 Å². The van der Waals surface area contributed by atoms with E-state index in [0.717, 1.165) is 32.4 Å². The van der Waals surface area contributed by atoms with Crippen molar-refractivity contribution in [2.24, 2.45) is 5.92 Å². The summed E-state index contributed by atoms with van der Waals surface area (Å²) in [6.07, 6.45) is 2.90. The Bertz CT molecular complexity index is 1020. The maximum absolute atomic E-state index is 12.8. The van der Waals surface area contributed by atoms with Crippen LogP contribution < -0.4 is 14.2 Å². The molecule has 0 saturated carbocycles. The Morgan fingerprint density at radius 1 is 1.03 bits per heavy atom. The first-order valence-corrected chi connectivity index (χ1v) is 11.7. The average Bonchev–Trinajstić information content (AvgIpc) is 2.98. The molecule has 2 heterocycles. The first-order valence-electron chi connectivity index (χ1n) is 10.2. The van der Waals surface area contributed by atoms with Gasteiger partial charge in [0.2, 0.25) is 0 Å². The number of sulfonamides is 1. The Morgan fingerprint density at radius 3 is 2.50 bits per heavy atom. The van der Waals surface area contributed by atoms with Crippen LogP contribution in [0.3, 0.4) is 0 Å². The van der Waals surface area contributed by atoms with Crippen LogP contribution in [0.25, 0.3) is 0 Å². The molecule has 2 aromatic rings. The molecule has 7 nitrogen and oxygen atoms in total. The number of carbonyl (C=O) groups excluding carboxylic acids is 1. The fourth-order valence-corrected chi connectivity index (χ4v) is 4.84. The number of benzene rings is 2. The third-order valence-electron chi connectivity index (χ3n) is 5.36. The van der Waals surface area contributed by atoms with Crippen LogP contribution in [0.2, 0.25) is 0 Å². The van der Waals surface area contributed by atoms with E-state index in [1.54, 1.807) is 30.3 Å². The van der Waals surface area contributed by atoms with Gasteiger partial charge in [-0.3, -0.25) is 9.52 Å². The number of fused-ring (bicyclic) bond motifs is 1. The van der Waals surface area contributed by atoms with Crippen LogP contribution in [0.5, 0.6) is 11.5 Å². The molecule has 0 aromatic heterocycles. The Balaban J connectivity index is 1.47. The summed E-state index contributed by atoms with van der Waals surface area (Å²) in [4.78, 5) is 14.6. The second-order valence-electron chi connectivity index (χ2n) is 7.84. The fraction of sp³-hybridized carbons (Fsp3) is 0.409. The Labute approximate surface area is 177 Å². The number of likely N-dealkylation sites (tertiary alicyclic amines) is 1. The standard InChI is InChI=1S/C22H26N2O5S/c1-16-4-2-11-24(15-16)22(25)17-5-7-18(8-6-17)23-30(26,27)19-9-10-20-21(14-19)29-13-3-12-28-20/h5-10,14,16,23H,2-4,11-13,15H2,1H3. The first kappa shape index (κ1) is 20.5. The number of piperidine rings is 1. The molecule has 1 unspecified atom stereocenters. The molecule has 1 N–H and O–H groups in total. The molecule has 0 bridgehead atoms. The Kier molecular flexibility index (Phi) is 5.85. The summed E-state index contributed by atoms with van der Waals surface area (Å²) >= 11 is 0. The number of hydrogen-bond acceptors (Lipinski definition) is 5. The Hall–Kier alpha value is -2.74. The van der Waals surface area contributed by atoms with E-state index in [9.17, 15) is 13.2 Å². The predicted molar refractivity (Wildman–Crippen MR) is 114 cm³/mol. The first-order chi connectivity index (χ1) is 14.4. The van der Waals surface area contributed by atoms with E-state index in [4.69, 9.17) is 9.47 Å². The molecule has 2 aromatic carbocycles. The van der Waals surface area contributed by atoms with Gasteiger partial charge in [-0.2, -0.15) is 0 Å². The number of anilines is 1. The highest BCUT2D eigenvalue weighted by Gasteiger charge is 2.23. The Morgan fingerprint density at radius 2 is 1.77 bits per heavy atom.